The summed E-state index contributed by atoms with van der Waals surface area (Å²) >= 11 is 5.21. The van der Waals surface area contributed by atoms with Crippen LogP contribution in [-0.4, -0.2) is 0 Å². The summed E-state index contributed by atoms with van der Waals surface area (Å²) in [6.07, 6.45) is -2.90. The van der Waals surface area contributed by atoms with Gasteiger partial charge in [-0.25, -0.2) is 17.6 Å². The first-order valence-electron chi connectivity index (χ1n) is 2.95. The molecule has 0 saturated heterocycles. The van der Waals surface area contributed by atoms with Crippen LogP contribution >= 0.6 is 11.6 Å². The Labute approximate surface area is 70.8 Å². The van der Waals surface area contributed by atoms with Crippen LogP contribution in [0.3, 0.4) is 0 Å². The molecule has 0 aliphatic rings. The summed E-state index contributed by atoms with van der Waals surface area (Å²) in [5, 5.41) is -0.469. The Kier molecular flexibility index (Phi) is 2.57. The average Bonchev–Trinajstić information content (AvgIpc) is 1.96. The quantitative estimate of drug-likeness (QED) is 0.478. The molecule has 0 fully saturated rings. The first-order valence-corrected chi connectivity index (χ1v) is 3.32. The van der Waals surface area contributed by atoms with E-state index in [-0.39, 0.29) is 0 Å². The standard InChI is InChI=1S/C7H3ClF4/c8-4-2-6(10)5(9)1-3(4)7(11)12/h1-2,7H. The minimum Gasteiger partial charge on any atom is -0.205 e. The van der Waals surface area contributed by atoms with E-state index < -0.39 is 28.6 Å². The summed E-state index contributed by atoms with van der Waals surface area (Å²) in [5.41, 5.74) is -0.699. The highest BCUT2D eigenvalue weighted by Crippen LogP contribution is 2.28. The Morgan fingerprint density at radius 2 is 1.58 bits per heavy atom. The molecule has 12 heavy (non-hydrogen) atoms. The molecular weight excluding hydrogens is 196 g/mol. The maximum absolute atomic E-state index is 12.4. The lowest BCUT2D eigenvalue weighted by molar-refractivity contribution is 0.151. The fourth-order valence-corrected chi connectivity index (χ4v) is 0.938. The lowest BCUT2D eigenvalue weighted by Gasteiger charge is -2.02. The van der Waals surface area contributed by atoms with Crippen molar-refractivity contribution in [3.8, 4) is 0 Å². The molecule has 5 heteroatoms. The topological polar surface area (TPSA) is 0 Å². The molecule has 0 atom stereocenters. The van der Waals surface area contributed by atoms with Gasteiger partial charge in [0, 0.05) is 5.56 Å². The maximum Gasteiger partial charge on any atom is 0.265 e. The summed E-state index contributed by atoms with van der Waals surface area (Å²) in [7, 11) is 0. The molecule has 0 spiro atoms. The van der Waals surface area contributed by atoms with E-state index in [1.54, 1.807) is 0 Å². The maximum atomic E-state index is 12.4. The van der Waals surface area contributed by atoms with Crippen molar-refractivity contribution in [1.82, 2.24) is 0 Å². The number of alkyl halides is 2. The molecule has 66 valence electrons. The third kappa shape index (κ3) is 1.69. The summed E-state index contributed by atoms with van der Waals surface area (Å²) in [5.74, 6) is -2.56. The molecule has 0 N–H and O–H groups in total. The Bertz CT molecular complexity index is 298. The molecule has 0 aromatic heterocycles. The molecular formula is C7H3ClF4. The van der Waals surface area contributed by atoms with E-state index in [0.717, 1.165) is 0 Å². The number of hydrogen-bond donors (Lipinski definition) is 0. The molecule has 0 unspecified atom stereocenters. The molecule has 0 aliphatic heterocycles. The van der Waals surface area contributed by atoms with E-state index in [0.29, 0.717) is 12.1 Å². The second-order valence-corrected chi connectivity index (χ2v) is 2.50. The van der Waals surface area contributed by atoms with Crippen molar-refractivity contribution in [3.63, 3.8) is 0 Å². The molecule has 1 rings (SSSR count). The fourth-order valence-electron chi connectivity index (χ4n) is 0.705. The van der Waals surface area contributed by atoms with Gasteiger partial charge in [0.15, 0.2) is 11.6 Å². The van der Waals surface area contributed by atoms with Crippen molar-refractivity contribution in [2.75, 3.05) is 0 Å². The summed E-state index contributed by atoms with van der Waals surface area (Å²) in [6, 6.07) is 0.917. The number of halogens is 5. The van der Waals surface area contributed by atoms with Crippen LogP contribution in [0.5, 0.6) is 0 Å². The van der Waals surface area contributed by atoms with E-state index >= 15 is 0 Å². The highest BCUT2D eigenvalue weighted by Gasteiger charge is 2.15. The van der Waals surface area contributed by atoms with Crippen LogP contribution in [0.4, 0.5) is 17.6 Å². The summed E-state index contributed by atoms with van der Waals surface area (Å²) < 4.78 is 48.6. The zero-order chi connectivity index (χ0) is 9.30. The van der Waals surface area contributed by atoms with Crippen LogP contribution in [0.15, 0.2) is 12.1 Å². The van der Waals surface area contributed by atoms with Crippen molar-refractivity contribution < 1.29 is 17.6 Å². The van der Waals surface area contributed by atoms with E-state index in [9.17, 15) is 17.6 Å². The summed E-state index contributed by atoms with van der Waals surface area (Å²) in [4.78, 5) is 0. The normalized spacial score (nSPS) is 10.8. The van der Waals surface area contributed by atoms with E-state index in [1.165, 1.54) is 0 Å². The van der Waals surface area contributed by atoms with E-state index in [2.05, 4.69) is 0 Å². The van der Waals surface area contributed by atoms with Gasteiger partial charge >= 0.3 is 0 Å². The van der Waals surface area contributed by atoms with Crippen LogP contribution < -0.4 is 0 Å². The van der Waals surface area contributed by atoms with Gasteiger partial charge in [0.25, 0.3) is 6.43 Å². The summed E-state index contributed by atoms with van der Waals surface area (Å²) in [6.45, 7) is 0. The monoisotopic (exact) mass is 198 g/mol. The third-order valence-corrected chi connectivity index (χ3v) is 1.60. The van der Waals surface area contributed by atoms with Crippen LogP contribution in [0.1, 0.15) is 12.0 Å². The number of rotatable bonds is 1. The van der Waals surface area contributed by atoms with Gasteiger partial charge < -0.3 is 0 Å². The van der Waals surface area contributed by atoms with Crippen molar-refractivity contribution >= 4 is 11.6 Å². The SMILES string of the molecule is Fc1cc(Cl)c(C(F)F)cc1F. The molecule has 1 aromatic rings. The smallest absolute Gasteiger partial charge is 0.205 e. The van der Waals surface area contributed by atoms with Gasteiger partial charge in [0.1, 0.15) is 0 Å². The van der Waals surface area contributed by atoms with Crippen molar-refractivity contribution in [2.45, 2.75) is 6.43 Å². The van der Waals surface area contributed by atoms with Crippen LogP contribution in [0, 0.1) is 11.6 Å². The molecule has 0 nitrogen and oxygen atoms in total. The van der Waals surface area contributed by atoms with Crippen molar-refractivity contribution in [2.24, 2.45) is 0 Å². The minimum absolute atomic E-state index is 0.391. The average molecular weight is 199 g/mol. The second-order valence-electron chi connectivity index (χ2n) is 2.09. The van der Waals surface area contributed by atoms with Gasteiger partial charge in [-0.3, -0.25) is 0 Å². The number of benzene rings is 1. The molecule has 0 aliphatic carbocycles. The van der Waals surface area contributed by atoms with Gasteiger partial charge in [-0.05, 0) is 12.1 Å². The number of hydrogen-bond acceptors (Lipinski definition) is 0. The molecule has 0 heterocycles. The predicted molar refractivity (Wildman–Crippen MR) is 36.3 cm³/mol. The van der Waals surface area contributed by atoms with Gasteiger partial charge in [0.05, 0.1) is 5.02 Å². The first-order chi connectivity index (χ1) is 5.52. The zero-order valence-corrected chi connectivity index (χ0v) is 6.38. The van der Waals surface area contributed by atoms with Gasteiger partial charge in [-0.1, -0.05) is 11.6 Å². The van der Waals surface area contributed by atoms with Gasteiger partial charge in [0.2, 0.25) is 0 Å². The minimum atomic E-state index is -2.90. The molecule has 0 bridgehead atoms. The van der Waals surface area contributed by atoms with Gasteiger partial charge in [-0.2, -0.15) is 0 Å². The van der Waals surface area contributed by atoms with Gasteiger partial charge in [-0.15, -0.1) is 0 Å². The molecule has 1 aromatic carbocycles. The fraction of sp³-hybridized carbons (Fsp3) is 0.143. The van der Waals surface area contributed by atoms with Crippen LogP contribution in [-0.2, 0) is 0 Å². The van der Waals surface area contributed by atoms with Crippen LogP contribution in [0.25, 0.3) is 0 Å². The largest absolute Gasteiger partial charge is 0.265 e. The van der Waals surface area contributed by atoms with E-state index in [1.807, 2.05) is 0 Å². The first kappa shape index (κ1) is 9.32. The lowest BCUT2D eigenvalue weighted by atomic mass is 10.2. The Morgan fingerprint density at radius 3 is 2.08 bits per heavy atom. The Hall–Kier alpha value is -0.770. The lowest BCUT2D eigenvalue weighted by Crippen LogP contribution is -1.91. The van der Waals surface area contributed by atoms with Crippen molar-refractivity contribution in [1.29, 1.82) is 0 Å². The van der Waals surface area contributed by atoms with E-state index in [4.69, 9.17) is 11.6 Å². The Morgan fingerprint density at radius 1 is 1.08 bits per heavy atom. The zero-order valence-electron chi connectivity index (χ0n) is 5.62. The highest BCUT2D eigenvalue weighted by atomic mass is 35.5. The highest BCUT2D eigenvalue weighted by molar-refractivity contribution is 6.31. The molecule has 0 amide bonds. The van der Waals surface area contributed by atoms with Crippen LogP contribution in [0.2, 0.25) is 5.02 Å². The third-order valence-electron chi connectivity index (χ3n) is 1.27. The predicted octanol–water partition coefficient (Wildman–Crippen LogP) is 3.56. The molecule has 0 radical (unpaired) electrons. The Balaban J connectivity index is 3.23. The second kappa shape index (κ2) is 3.31. The molecule has 0 saturated carbocycles. The van der Waals surface area contributed by atoms with Crippen molar-refractivity contribution in [3.05, 3.63) is 34.4 Å².